The van der Waals surface area contributed by atoms with E-state index in [2.05, 4.69) is 5.32 Å². The van der Waals surface area contributed by atoms with Gasteiger partial charge in [0.1, 0.15) is 0 Å². The molecule has 0 aliphatic rings. The van der Waals surface area contributed by atoms with Crippen LogP contribution in [0.5, 0.6) is 0 Å². The van der Waals surface area contributed by atoms with Crippen LogP contribution in [0, 0.1) is 5.92 Å². The van der Waals surface area contributed by atoms with Gasteiger partial charge in [-0.05, 0) is 29.3 Å². The van der Waals surface area contributed by atoms with E-state index in [1.807, 2.05) is 31.2 Å². The number of anilines is 1. The van der Waals surface area contributed by atoms with Crippen molar-refractivity contribution in [3.8, 4) is 0 Å². The van der Waals surface area contributed by atoms with Gasteiger partial charge in [-0.15, -0.1) is 0 Å². The number of carboxylic acid groups (broad SMARTS) is 1. The van der Waals surface area contributed by atoms with Crippen LogP contribution >= 0.6 is 0 Å². The lowest BCUT2D eigenvalue weighted by molar-refractivity contribution is -0.119. The predicted octanol–water partition coefficient (Wildman–Crippen LogP) is 2.46. The first-order chi connectivity index (χ1) is 10.1. The molecule has 0 spiro atoms. The molecule has 1 unspecified atom stereocenters. The van der Waals surface area contributed by atoms with E-state index in [9.17, 15) is 14.7 Å². The highest BCUT2D eigenvalue weighted by molar-refractivity contribution is 6.05. The summed E-state index contributed by atoms with van der Waals surface area (Å²) in [7, 11) is 0. The van der Waals surface area contributed by atoms with E-state index in [4.69, 9.17) is 5.73 Å². The van der Waals surface area contributed by atoms with Gasteiger partial charge in [0.15, 0.2) is 0 Å². The maximum absolute atomic E-state index is 12.1. The summed E-state index contributed by atoms with van der Waals surface area (Å²) in [6, 6.07) is 10.7. The van der Waals surface area contributed by atoms with Crippen LogP contribution in [0.2, 0.25) is 0 Å². The third kappa shape index (κ3) is 3.20. The number of fused-ring (bicyclic) bond motifs is 1. The molecule has 5 nitrogen and oxygen atoms in total. The molecule has 0 aliphatic heterocycles. The summed E-state index contributed by atoms with van der Waals surface area (Å²) in [5.74, 6) is -1.65. The molecular formula is C16H18N2O3. The average molecular weight is 286 g/mol. The quantitative estimate of drug-likeness (QED) is 0.787. The number of hydrogen-bond donors (Lipinski definition) is 3. The summed E-state index contributed by atoms with van der Waals surface area (Å²) in [6.45, 7) is 2.11. The lowest BCUT2D eigenvalue weighted by Gasteiger charge is -2.15. The van der Waals surface area contributed by atoms with Gasteiger partial charge >= 0.3 is 5.97 Å². The van der Waals surface area contributed by atoms with E-state index in [-0.39, 0.29) is 23.9 Å². The Hall–Kier alpha value is -2.40. The molecule has 0 radical (unpaired) electrons. The average Bonchev–Trinajstić information content (AvgIpc) is 2.47. The molecule has 110 valence electrons. The molecule has 0 saturated carbocycles. The van der Waals surface area contributed by atoms with Gasteiger partial charge in [0.05, 0.1) is 17.2 Å². The Balaban J connectivity index is 2.44. The van der Waals surface area contributed by atoms with Crippen LogP contribution in [0.3, 0.4) is 0 Å². The molecule has 0 aromatic heterocycles. The minimum atomic E-state index is -1.07. The van der Waals surface area contributed by atoms with E-state index >= 15 is 0 Å². The highest BCUT2D eigenvalue weighted by Crippen LogP contribution is 2.25. The molecule has 4 N–H and O–H groups in total. The summed E-state index contributed by atoms with van der Waals surface area (Å²) < 4.78 is 0. The first-order valence-corrected chi connectivity index (χ1v) is 6.83. The van der Waals surface area contributed by atoms with Crippen molar-refractivity contribution >= 4 is 28.3 Å². The van der Waals surface area contributed by atoms with Crippen LogP contribution in [-0.2, 0) is 4.79 Å². The number of carbonyl (C=O) groups is 2. The smallest absolute Gasteiger partial charge is 0.337 e. The van der Waals surface area contributed by atoms with Gasteiger partial charge in [0, 0.05) is 6.54 Å². The molecule has 0 heterocycles. The number of amides is 1. The molecule has 2 aromatic carbocycles. The van der Waals surface area contributed by atoms with Crippen LogP contribution in [0.1, 0.15) is 23.7 Å². The topological polar surface area (TPSA) is 92.4 Å². The van der Waals surface area contributed by atoms with Crippen molar-refractivity contribution in [3.63, 3.8) is 0 Å². The Bertz CT molecular complexity index is 678. The fourth-order valence-corrected chi connectivity index (χ4v) is 2.21. The summed E-state index contributed by atoms with van der Waals surface area (Å²) in [6.07, 6.45) is 0.609. The van der Waals surface area contributed by atoms with Crippen LogP contribution in [0.4, 0.5) is 5.69 Å². The molecule has 1 atom stereocenters. The molecule has 0 bridgehead atoms. The number of aromatic carboxylic acids is 1. The molecule has 2 rings (SSSR count). The van der Waals surface area contributed by atoms with Crippen LogP contribution < -0.4 is 11.1 Å². The van der Waals surface area contributed by atoms with Gasteiger partial charge in [-0.2, -0.15) is 0 Å². The summed E-state index contributed by atoms with van der Waals surface area (Å²) in [4.78, 5) is 23.5. The van der Waals surface area contributed by atoms with Gasteiger partial charge in [-0.1, -0.05) is 31.2 Å². The SMILES string of the molecule is CCC(CN)C(=O)Nc1cc2ccccc2cc1C(=O)O. The highest BCUT2D eigenvalue weighted by atomic mass is 16.4. The Morgan fingerprint density at radius 1 is 1.24 bits per heavy atom. The minimum Gasteiger partial charge on any atom is -0.478 e. The Labute approximate surface area is 122 Å². The van der Waals surface area contributed by atoms with Gasteiger partial charge in [0.25, 0.3) is 0 Å². The third-order valence-electron chi connectivity index (χ3n) is 3.52. The summed E-state index contributed by atoms with van der Waals surface area (Å²) >= 11 is 0. The number of rotatable bonds is 5. The zero-order chi connectivity index (χ0) is 15.4. The lowest BCUT2D eigenvalue weighted by Crippen LogP contribution is -2.29. The van der Waals surface area contributed by atoms with E-state index in [0.29, 0.717) is 12.1 Å². The van der Waals surface area contributed by atoms with Gasteiger partial charge < -0.3 is 16.2 Å². The number of benzene rings is 2. The van der Waals surface area contributed by atoms with E-state index < -0.39 is 5.97 Å². The molecule has 0 aliphatic carbocycles. The largest absolute Gasteiger partial charge is 0.478 e. The molecular weight excluding hydrogens is 268 g/mol. The maximum Gasteiger partial charge on any atom is 0.337 e. The second-order valence-electron chi connectivity index (χ2n) is 4.88. The Morgan fingerprint density at radius 3 is 2.38 bits per heavy atom. The van der Waals surface area contributed by atoms with Crippen molar-refractivity contribution in [2.24, 2.45) is 11.7 Å². The zero-order valence-corrected chi connectivity index (χ0v) is 11.8. The number of carboxylic acids is 1. The third-order valence-corrected chi connectivity index (χ3v) is 3.52. The first-order valence-electron chi connectivity index (χ1n) is 6.83. The van der Waals surface area contributed by atoms with Crippen molar-refractivity contribution < 1.29 is 14.7 Å². The number of nitrogens with two attached hydrogens (primary N) is 1. The number of carbonyl (C=O) groups excluding carboxylic acids is 1. The van der Waals surface area contributed by atoms with Crippen molar-refractivity contribution in [1.82, 2.24) is 0 Å². The maximum atomic E-state index is 12.1. The Morgan fingerprint density at radius 2 is 1.86 bits per heavy atom. The number of nitrogens with one attached hydrogen (secondary N) is 1. The summed E-state index contributed by atoms with van der Waals surface area (Å²) in [5.41, 5.74) is 5.93. The molecule has 21 heavy (non-hydrogen) atoms. The van der Waals surface area contributed by atoms with E-state index in [1.165, 1.54) is 0 Å². The highest BCUT2D eigenvalue weighted by Gasteiger charge is 2.18. The van der Waals surface area contributed by atoms with Crippen LogP contribution in [0.25, 0.3) is 10.8 Å². The van der Waals surface area contributed by atoms with Crippen molar-refractivity contribution in [3.05, 3.63) is 42.0 Å². The second-order valence-corrected chi connectivity index (χ2v) is 4.88. The minimum absolute atomic E-state index is 0.0777. The fourth-order valence-electron chi connectivity index (χ4n) is 2.21. The number of hydrogen-bond acceptors (Lipinski definition) is 3. The molecule has 0 saturated heterocycles. The molecule has 2 aromatic rings. The van der Waals surface area contributed by atoms with Crippen molar-refractivity contribution in [2.45, 2.75) is 13.3 Å². The normalized spacial score (nSPS) is 12.1. The van der Waals surface area contributed by atoms with Crippen LogP contribution in [-0.4, -0.2) is 23.5 Å². The predicted molar refractivity (Wildman–Crippen MR) is 82.4 cm³/mol. The monoisotopic (exact) mass is 286 g/mol. The summed E-state index contributed by atoms with van der Waals surface area (Å²) in [5, 5.41) is 13.7. The molecule has 5 heteroatoms. The van der Waals surface area contributed by atoms with Gasteiger partial charge in [-0.3, -0.25) is 4.79 Å². The molecule has 1 amide bonds. The second kappa shape index (κ2) is 6.37. The van der Waals surface area contributed by atoms with Gasteiger partial charge in [-0.25, -0.2) is 4.79 Å². The lowest BCUT2D eigenvalue weighted by atomic mass is 10.0. The zero-order valence-electron chi connectivity index (χ0n) is 11.8. The van der Waals surface area contributed by atoms with Crippen molar-refractivity contribution in [1.29, 1.82) is 0 Å². The standard InChI is InChI=1S/C16H18N2O3/c1-2-10(9-17)15(19)18-14-8-12-6-4-3-5-11(12)7-13(14)16(20)21/h3-8,10H,2,9,17H2,1H3,(H,18,19)(H,20,21). The fraction of sp³-hybridized carbons (Fsp3) is 0.250. The van der Waals surface area contributed by atoms with Gasteiger partial charge in [0.2, 0.25) is 5.91 Å². The molecule has 0 fully saturated rings. The van der Waals surface area contributed by atoms with E-state index in [0.717, 1.165) is 10.8 Å². The van der Waals surface area contributed by atoms with Crippen molar-refractivity contribution in [2.75, 3.05) is 11.9 Å². The van der Waals surface area contributed by atoms with Crippen LogP contribution in [0.15, 0.2) is 36.4 Å². The van der Waals surface area contributed by atoms with E-state index in [1.54, 1.807) is 12.1 Å². The first kappa shape index (κ1) is 15.0. The Kier molecular flexibility index (Phi) is 4.55.